The molecule has 0 saturated heterocycles. The number of furan rings is 1. The lowest BCUT2D eigenvalue weighted by molar-refractivity contribution is 0.496. The summed E-state index contributed by atoms with van der Waals surface area (Å²) in [6, 6.07) is 0. The quantitative estimate of drug-likeness (QED) is 0.647. The molecule has 0 bridgehead atoms. The highest BCUT2D eigenvalue weighted by atomic mass is 28.3. The Morgan fingerprint density at radius 1 is 1.07 bits per heavy atom. The fourth-order valence-corrected chi connectivity index (χ4v) is 4.14. The van der Waals surface area contributed by atoms with Crippen molar-refractivity contribution < 1.29 is 4.42 Å². The summed E-state index contributed by atoms with van der Waals surface area (Å²) in [4.78, 5) is 0. The molecule has 0 aliphatic heterocycles. The topological polar surface area (TPSA) is 13.1 Å². The van der Waals surface area contributed by atoms with E-state index in [4.69, 9.17) is 4.42 Å². The van der Waals surface area contributed by atoms with Crippen LogP contribution >= 0.6 is 0 Å². The van der Waals surface area contributed by atoms with E-state index >= 15 is 0 Å². The van der Waals surface area contributed by atoms with E-state index in [1.54, 1.807) is 0 Å². The average Bonchev–Trinajstić information content (AvgIpc) is 2.44. The van der Waals surface area contributed by atoms with Gasteiger partial charge in [0.15, 0.2) is 0 Å². The monoisotopic (exact) mass is 208 g/mol. The van der Waals surface area contributed by atoms with Crippen LogP contribution in [0.1, 0.15) is 29.7 Å². The molecule has 1 nitrogen and oxygen atoms in total. The van der Waals surface area contributed by atoms with Crippen molar-refractivity contribution >= 4 is 13.5 Å². The van der Waals surface area contributed by atoms with Crippen LogP contribution in [-0.2, 0) is 12.8 Å². The average molecular weight is 208 g/mol. The summed E-state index contributed by atoms with van der Waals surface area (Å²) in [6.07, 6.45) is 5.07. The van der Waals surface area contributed by atoms with Gasteiger partial charge in [-0.15, -0.1) is 0 Å². The number of hydrogen-bond donors (Lipinski definition) is 0. The molecule has 1 aliphatic rings. The molecule has 1 heterocycles. The summed E-state index contributed by atoms with van der Waals surface area (Å²) in [5.74, 6) is 1.30. The molecule has 1 aliphatic carbocycles. The molecule has 0 aromatic carbocycles. The lowest BCUT2D eigenvalue weighted by Gasteiger charge is -2.13. The van der Waals surface area contributed by atoms with E-state index in [1.165, 1.54) is 48.0 Å². The summed E-state index contributed by atoms with van der Waals surface area (Å²) < 4.78 is 6.06. The highest BCUT2D eigenvalue weighted by Gasteiger charge is 2.28. The molecule has 1 aromatic rings. The van der Waals surface area contributed by atoms with Crippen molar-refractivity contribution in [1.82, 2.24) is 0 Å². The van der Waals surface area contributed by atoms with Crippen LogP contribution in [0.3, 0.4) is 0 Å². The third kappa shape index (κ3) is 1.56. The van der Waals surface area contributed by atoms with Gasteiger partial charge in [0.1, 0.15) is 13.8 Å². The van der Waals surface area contributed by atoms with Crippen molar-refractivity contribution in [1.29, 1.82) is 0 Å². The molecule has 1 aromatic heterocycles. The zero-order valence-electron chi connectivity index (χ0n) is 9.74. The fourth-order valence-electron chi connectivity index (χ4n) is 2.44. The largest absolute Gasteiger partial charge is 0.471 e. The maximum atomic E-state index is 6.06. The molecule has 0 atom stereocenters. The molecular formula is C12H20OSi. The second kappa shape index (κ2) is 3.26. The SMILES string of the molecule is Cc1c([Si](C)(C)C)oc2c1CCCC2. The van der Waals surface area contributed by atoms with Crippen molar-refractivity contribution in [3.8, 4) is 0 Å². The van der Waals surface area contributed by atoms with Crippen LogP contribution in [-0.4, -0.2) is 8.07 Å². The first-order valence-corrected chi connectivity index (χ1v) is 9.12. The van der Waals surface area contributed by atoms with Gasteiger partial charge in [-0.2, -0.15) is 0 Å². The smallest absolute Gasteiger partial charge is 0.123 e. The van der Waals surface area contributed by atoms with Crippen LogP contribution in [0.15, 0.2) is 4.42 Å². The second-order valence-electron chi connectivity index (χ2n) is 5.42. The maximum Gasteiger partial charge on any atom is 0.123 e. The van der Waals surface area contributed by atoms with E-state index in [1.807, 2.05) is 0 Å². The Hall–Kier alpha value is -0.503. The normalized spacial score (nSPS) is 16.9. The minimum absolute atomic E-state index is 1.17. The Balaban J connectivity index is 2.49. The number of aryl methyl sites for hydroxylation is 1. The van der Waals surface area contributed by atoms with Gasteiger partial charge in [-0.1, -0.05) is 19.6 Å². The lowest BCUT2D eigenvalue weighted by atomic mass is 9.96. The van der Waals surface area contributed by atoms with E-state index in [9.17, 15) is 0 Å². The Morgan fingerprint density at radius 2 is 1.71 bits per heavy atom. The van der Waals surface area contributed by atoms with Crippen LogP contribution in [0.2, 0.25) is 19.6 Å². The molecule has 2 heteroatoms. The maximum absolute atomic E-state index is 6.06. The van der Waals surface area contributed by atoms with Gasteiger partial charge in [0.2, 0.25) is 0 Å². The van der Waals surface area contributed by atoms with E-state index < -0.39 is 8.07 Å². The number of fused-ring (bicyclic) bond motifs is 1. The van der Waals surface area contributed by atoms with Gasteiger partial charge in [-0.05, 0) is 37.3 Å². The van der Waals surface area contributed by atoms with Gasteiger partial charge in [-0.3, -0.25) is 0 Å². The molecule has 0 fully saturated rings. The molecule has 0 radical (unpaired) electrons. The van der Waals surface area contributed by atoms with Gasteiger partial charge in [-0.25, -0.2) is 0 Å². The van der Waals surface area contributed by atoms with Crippen molar-refractivity contribution in [3.63, 3.8) is 0 Å². The molecular weight excluding hydrogens is 188 g/mol. The first kappa shape index (κ1) is 10.0. The lowest BCUT2D eigenvalue weighted by Crippen LogP contribution is -2.38. The summed E-state index contributed by atoms with van der Waals surface area (Å²) in [6.45, 7) is 9.35. The van der Waals surface area contributed by atoms with Gasteiger partial charge in [0, 0.05) is 6.42 Å². The molecule has 2 rings (SSSR count). The predicted molar refractivity (Wildman–Crippen MR) is 63.1 cm³/mol. The Morgan fingerprint density at radius 3 is 2.29 bits per heavy atom. The van der Waals surface area contributed by atoms with Gasteiger partial charge < -0.3 is 4.42 Å². The van der Waals surface area contributed by atoms with Crippen molar-refractivity contribution in [3.05, 3.63) is 16.9 Å². The number of rotatable bonds is 1. The van der Waals surface area contributed by atoms with Crippen molar-refractivity contribution in [2.24, 2.45) is 0 Å². The van der Waals surface area contributed by atoms with Crippen LogP contribution in [0, 0.1) is 6.92 Å². The predicted octanol–water partition coefficient (Wildman–Crippen LogP) is 3.01. The highest BCUT2D eigenvalue weighted by molar-refractivity contribution is 6.88. The summed E-state index contributed by atoms with van der Waals surface area (Å²) in [5.41, 5.74) is 3.01. The second-order valence-corrected chi connectivity index (χ2v) is 10.4. The van der Waals surface area contributed by atoms with Crippen LogP contribution in [0.4, 0.5) is 0 Å². The first-order valence-electron chi connectivity index (χ1n) is 5.62. The van der Waals surface area contributed by atoms with Gasteiger partial charge in [0.25, 0.3) is 0 Å². The Bertz CT molecular complexity index is 344. The standard InChI is InChI=1S/C12H20OSi/c1-9-10-7-5-6-8-11(10)13-12(9)14(2,3)4/h5-8H2,1-4H3. The van der Waals surface area contributed by atoms with E-state index in [0.717, 1.165) is 0 Å². The summed E-state index contributed by atoms with van der Waals surface area (Å²) in [5, 5.41) is 1.34. The zero-order chi connectivity index (χ0) is 10.3. The fraction of sp³-hybridized carbons (Fsp3) is 0.667. The minimum Gasteiger partial charge on any atom is -0.471 e. The number of hydrogen-bond acceptors (Lipinski definition) is 1. The summed E-state index contributed by atoms with van der Waals surface area (Å²) in [7, 11) is -1.26. The molecule has 0 amide bonds. The zero-order valence-corrected chi connectivity index (χ0v) is 10.7. The first-order chi connectivity index (χ1) is 6.50. The van der Waals surface area contributed by atoms with Crippen molar-refractivity contribution in [2.45, 2.75) is 52.2 Å². The van der Waals surface area contributed by atoms with Gasteiger partial charge in [0.05, 0.1) is 5.38 Å². The van der Waals surface area contributed by atoms with E-state index in [-0.39, 0.29) is 0 Å². The van der Waals surface area contributed by atoms with Crippen LogP contribution in [0.5, 0.6) is 0 Å². The molecule has 0 unspecified atom stereocenters. The van der Waals surface area contributed by atoms with Gasteiger partial charge >= 0.3 is 0 Å². The minimum atomic E-state index is -1.26. The Labute approximate surface area is 87.5 Å². The third-order valence-corrected chi connectivity index (χ3v) is 4.96. The molecule has 0 spiro atoms. The molecule has 0 saturated carbocycles. The molecule has 0 N–H and O–H groups in total. The summed E-state index contributed by atoms with van der Waals surface area (Å²) >= 11 is 0. The van der Waals surface area contributed by atoms with E-state index in [2.05, 4.69) is 26.6 Å². The van der Waals surface area contributed by atoms with Crippen LogP contribution < -0.4 is 5.38 Å². The highest BCUT2D eigenvalue weighted by Crippen LogP contribution is 2.26. The molecule has 14 heavy (non-hydrogen) atoms. The van der Waals surface area contributed by atoms with Crippen molar-refractivity contribution in [2.75, 3.05) is 0 Å². The van der Waals surface area contributed by atoms with Crippen LogP contribution in [0.25, 0.3) is 0 Å². The third-order valence-electron chi connectivity index (χ3n) is 3.12. The molecule has 78 valence electrons. The van der Waals surface area contributed by atoms with E-state index in [0.29, 0.717) is 0 Å². The Kier molecular flexibility index (Phi) is 2.34.